The van der Waals surface area contributed by atoms with E-state index in [-0.39, 0.29) is 21.1 Å². The number of hydroxylamine groups is 2. The van der Waals surface area contributed by atoms with Gasteiger partial charge in [-0.3, -0.25) is 9.59 Å². The van der Waals surface area contributed by atoms with Crippen LogP contribution in [0.25, 0.3) is 11.1 Å². The first-order chi connectivity index (χ1) is 13.0. The summed E-state index contributed by atoms with van der Waals surface area (Å²) in [7, 11) is -4.34. The van der Waals surface area contributed by atoms with Crippen LogP contribution in [0.5, 0.6) is 0 Å². The summed E-state index contributed by atoms with van der Waals surface area (Å²) in [5.41, 5.74) is 1.98. The Bertz CT molecular complexity index is 1100. The number of fused-ring (bicyclic) bond motifs is 1. The van der Waals surface area contributed by atoms with Crippen LogP contribution in [0.2, 0.25) is 0 Å². The van der Waals surface area contributed by atoms with Crippen molar-refractivity contribution in [2.24, 2.45) is 0 Å². The van der Waals surface area contributed by atoms with Gasteiger partial charge in [0.1, 0.15) is 0 Å². The zero-order chi connectivity index (χ0) is 19.0. The minimum absolute atomic E-state index is 0.108. The van der Waals surface area contributed by atoms with Crippen molar-refractivity contribution < 1.29 is 22.3 Å². The van der Waals surface area contributed by atoms with Gasteiger partial charge in [-0.2, -0.15) is 8.42 Å². The molecule has 1 aliphatic heterocycles. The van der Waals surface area contributed by atoms with Crippen molar-refractivity contribution in [3.8, 4) is 11.1 Å². The summed E-state index contributed by atoms with van der Waals surface area (Å²) in [4.78, 5) is 24.4. The highest BCUT2D eigenvalue weighted by Gasteiger charge is 2.39. The first-order valence-corrected chi connectivity index (χ1v) is 9.46. The number of imide groups is 1. The SMILES string of the molecule is O=C1c2ccccc2C(=O)N1OS(=O)(=O)c1ccc(-c2ccccc2)cc1. The molecule has 1 heterocycles. The standard InChI is InChI=1S/C20H13NO5S/c22-19-17-8-4-5-9-18(17)20(23)21(19)26-27(24,25)16-12-10-15(11-13-16)14-6-2-1-3-7-14/h1-13H. The Morgan fingerprint density at radius 1 is 0.630 bits per heavy atom. The Kier molecular flexibility index (Phi) is 4.10. The lowest BCUT2D eigenvalue weighted by molar-refractivity contribution is -0.0103. The normalized spacial score (nSPS) is 13.7. The van der Waals surface area contributed by atoms with Crippen LogP contribution in [-0.4, -0.2) is 25.3 Å². The molecule has 27 heavy (non-hydrogen) atoms. The number of nitrogens with zero attached hydrogens (tertiary/aromatic N) is 1. The number of amides is 2. The van der Waals surface area contributed by atoms with E-state index < -0.39 is 21.9 Å². The van der Waals surface area contributed by atoms with Crippen molar-refractivity contribution in [2.45, 2.75) is 4.90 Å². The molecule has 0 aromatic heterocycles. The van der Waals surface area contributed by atoms with Gasteiger partial charge in [0, 0.05) is 0 Å². The van der Waals surface area contributed by atoms with Crippen LogP contribution in [0.15, 0.2) is 83.8 Å². The van der Waals surface area contributed by atoms with Crippen LogP contribution in [0.1, 0.15) is 20.7 Å². The number of carbonyl (C=O) groups is 2. The summed E-state index contributed by atoms with van der Waals surface area (Å²) in [5, 5.41) is 0.283. The maximum absolute atomic E-state index is 12.5. The van der Waals surface area contributed by atoms with Gasteiger partial charge in [0.2, 0.25) is 0 Å². The van der Waals surface area contributed by atoms with E-state index in [0.29, 0.717) is 0 Å². The third-order valence-electron chi connectivity index (χ3n) is 4.18. The molecule has 6 nitrogen and oxygen atoms in total. The molecule has 0 fully saturated rings. The topological polar surface area (TPSA) is 80.8 Å². The van der Waals surface area contributed by atoms with Crippen LogP contribution in [0.3, 0.4) is 0 Å². The molecule has 3 aromatic rings. The fourth-order valence-corrected chi connectivity index (χ4v) is 3.71. The predicted molar refractivity (Wildman–Crippen MR) is 97.1 cm³/mol. The Labute approximate surface area is 155 Å². The molecule has 0 saturated heterocycles. The Balaban J connectivity index is 1.60. The van der Waals surface area contributed by atoms with Gasteiger partial charge in [-0.15, -0.1) is 9.35 Å². The number of hydrogen-bond acceptors (Lipinski definition) is 5. The van der Waals surface area contributed by atoms with Crippen LogP contribution >= 0.6 is 0 Å². The average Bonchev–Trinajstić information content (AvgIpc) is 2.94. The molecule has 0 bridgehead atoms. The average molecular weight is 379 g/mol. The second kappa shape index (κ2) is 6.46. The molecule has 1 aliphatic rings. The summed E-state index contributed by atoms with van der Waals surface area (Å²) in [6.07, 6.45) is 0. The smallest absolute Gasteiger partial charge is 0.266 e. The largest absolute Gasteiger partial charge is 0.318 e. The van der Waals surface area contributed by atoms with E-state index in [4.69, 9.17) is 4.28 Å². The number of hydrogen-bond donors (Lipinski definition) is 0. The highest BCUT2D eigenvalue weighted by atomic mass is 32.2. The van der Waals surface area contributed by atoms with Gasteiger partial charge in [-0.25, -0.2) is 0 Å². The van der Waals surface area contributed by atoms with E-state index >= 15 is 0 Å². The lowest BCUT2D eigenvalue weighted by atomic mass is 10.1. The highest BCUT2D eigenvalue weighted by Crippen LogP contribution is 2.27. The fraction of sp³-hybridized carbons (Fsp3) is 0. The van der Waals surface area contributed by atoms with Crippen molar-refractivity contribution in [3.63, 3.8) is 0 Å². The van der Waals surface area contributed by atoms with Gasteiger partial charge < -0.3 is 0 Å². The lowest BCUT2D eigenvalue weighted by Crippen LogP contribution is -2.32. The molecule has 0 N–H and O–H groups in total. The predicted octanol–water partition coefficient (Wildman–Crippen LogP) is 3.27. The maximum atomic E-state index is 12.5. The third kappa shape index (κ3) is 3.03. The lowest BCUT2D eigenvalue weighted by Gasteiger charge is -2.13. The van der Waals surface area contributed by atoms with Crippen molar-refractivity contribution in [1.82, 2.24) is 5.06 Å². The molecule has 0 aliphatic carbocycles. The molecule has 7 heteroatoms. The van der Waals surface area contributed by atoms with Gasteiger partial charge in [0.25, 0.3) is 11.8 Å². The number of rotatable bonds is 4. The zero-order valence-electron chi connectivity index (χ0n) is 13.9. The van der Waals surface area contributed by atoms with Gasteiger partial charge in [0.15, 0.2) is 0 Å². The molecule has 2 amide bonds. The molecule has 3 aromatic carbocycles. The van der Waals surface area contributed by atoms with Gasteiger partial charge in [0.05, 0.1) is 16.0 Å². The summed E-state index contributed by atoms with van der Waals surface area (Å²) < 4.78 is 29.9. The zero-order valence-corrected chi connectivity index (χ0v) is 14.7. The summed E-state index contributed by atoms with van der Waals surface area (Å²) in [5.74, 6) is -1.61. The summed E-state index contributed by atoms with van der Waals surface area (Å²) >= 11 is 0. The van der Waals surface area contributed by atoms with Crippen molar-refractivity contribution in [1.29, 1.82) is 0 Å². The van der Waals surface area contributed by atoms with E-state index in [2.05, 4.69) is 0 Å². The van der Waals surface area contributed by atoms with Crippen molar-refractivity contribution >= 4 is 21.9 Å². The van der Waals surface area contributed by atoms with E-state index in [1.807, 2.05) is 30.3 Å². The molecule has 0 atom stereocenters. The van der Waals surface area contributed by atoms with Gasteiger partial charge in [-0.05, 0) is 35.4 Å². The minimum Gasteiger partial charge on any atom is -0.266 e. The van der Waals surface area contributed by atoms with Crippen LogP contribution in [-0.2, 0) is 14.4 Å². The minimum atomic E-state index is -4.34. The van der Waals surface area contributed by atoms with E-state index in [1.165, 1.54) is 24.3 Å². The second-order valence-electron chi connectivity index (χ2n) is 5.87. The van der Waals surface area contributed by atoms with Crippen LogP contribution in [0, 0.1) is 0 Å². The molecule has 0 spiro atoms. The van der Waals surface area contributed by atoms with E-state index in [0.717, 1.165) is 11.1 Å². The molecule has 0 saturated carbocycles. The number of carbonyl (C=O) groups excluding carboxylic acids is 2. The molecule has 0 radical (unpaired) electrons. The number of benzene rings is 3. The van der Waals surface area contributed by atoms with E-state index in [1.54, 1.807) is 24.3 Å². The van der Waals surface area contributed by atoms with E-state index in [9.17, 15) is 18.0 Å². The quantitative estimate of drug-likeness (QED) is 0.650. The van der Waals surface area contributed by atoms with Gasteiger partial charge in [-0.1, -0.05) is 54.6 Å². The Hall–Kier alpha value is -3.29. The molecule has 134 valence electrons. The molecule has 0 unspecified atom stereocenters. The first kappa shape index (κ1) is 17.1. The maximum Gasteiger partial charge on any atom is 0.318 e. The van der Waals surface area contributed by atoms with Gasteiger partial charge >= 0.3 is 10.1 Å². The molecule has 4 rings (SSSR count). The summed E-state index contributed by atoms with van der Waals surface area (Å²) in [6, 6.07) is 21.5. The third-order valence-corrected chi connectivity index (χ3v) is 5.37. The molecular weight excluding hydrogens is 366 g/mol. The van der Waals surface area contributed by atoms with Crippen LogP contribution in [0.4, 0.5) is 0 Å². The second-order valence-corrected chi connectivity index (χ2v) is 7.40. The Morgan fingerprint density at radius 3 is 1.67 bits per heavy atom. The van der Waals surface area contributed by atoms with Crippen LogP contribution < -0.4 is 0 Å². The Morgan fingerprint density at radius 2 is 1.11 bits per heavy atom. The summed E-state index contributed by atoms with van der Waals surface area (Å²) in [6.45, 7) is 0. The highest BCUT2D eigenvalue weighted by molar-refractivity contribution is 7.86. The molecular formula is C20H13NO5S. The monoisotopic (exact) mass is 379 g/mol. The first-order valence-electron chi connectivity index (χ1n) is 8.05. The fourth-order valence-electron chi connectivity index (χ4n) is 2.82. The van der Waals surface area contributed by atoms with Crippen molar-refractivity contribution in [2.75, 3.05) is 0 Å². The van der Waals surface area contributed by atoms with Crippen molar-refractivity contribution in [3.05, 3.63) is 90.0 Å².